The number of aliphatic hydroxyl groups is 3. The molecule has 0 bridgehead atoms. The van der Waals surface area contributed by atoms with Crippen molar-refractivity contribution in [3.63, 3.8) is 0 Å². The zero-order valence-electron chi connectivity index (χ0n) is 7.20. The van der Waals surface area contributed by atoms with Crippen molar-refractivity contribution in [3.05, 3.63) is 0 Å². The van der Waals surface area contributed by atoms with Gasteiger partial charge in [0.1, 0.15) is 0 Å². The fourth-order valence-corrected chi connectivity index (χ4v) is 1.00. The van der Waals surface area contributed by atoms with E-state index in [4.69, 9.17) is 10.2 Å². The largest absolute Gasteiger partial charge is 0.393 e. The third-order valence-electron chi connectivity index (χ3n) is 1.77. The lowest BCUT2D eigenvalue weighted by Gasteiger charge is -2.16. The van der Waals surface area contributed by atoms with E-state index in [1.807, 2.05) is 6.92 Å². The Morgan fingerprint density at radius 2 is 1.73 bits per heavy atom. The van der Waals surface area contributed by atoms with Crippen molar-refractivity contribution in [3.8, 4) is 0 Å². The van der Waals surface area contributed by atoms with Gasteiger partial charge in [0.2, 0.25) is 0 Å². The number of hydrogen-bond donors (Lipinski definition) is 3. The van der Waals surface area contributed by atoms with Gasteiger partial charge in [-0.2, -0.15) is 0 Å². The van der Waals surface area contributed by atoms with E-state index in [-0.39, 0.29) is 5.92 Å². The van der Waals surface area contributed by atoms with Crippen molar-refractivity contribution in [1.29, 1.82) is 0 Å². The van der Waals surface area contributed by atoms with Gasteiger partial charge in [0.15, 0.2) is 6.29 Å². The minimum atomic E-state index is -1.30. The fourth-order valence-electron chi connectivity index (χ4n) is 1.00. The molecule has 0 aliphatic carbocycles. The highest BCUT2D eigenvalue weighted by Crippen LogP contribution is 2.12. The summed E-state index contributed by atoms with van der Waals surface area (Å²) >= 11 is 0. The standard InChI is InChI=1S/C8H18O3/c1-3-4-7(9)5-6(2)8(10)11/h6-11H,3-5H2,1-2H3. The Morgan fingerprint density at radius 3 is 2.09 bits per heavy atom. The van der Waals surface area contributed by atoms with Crippen molar-refractivity contribution < 1.29 is 15.3 Å². The molecule has 0 spiro atoms. The van der Waals surface area contributed by atoms with Gasteiger partial charge < -0.3 is 15.3 Å². The summed E-state index contributed by atoms with van der Waals surface area (Å²) in [5, 5.41) is 26.6. The molecule has 2 unspecified atom stereocenters. The topological polar surface area (TPSA) is 60.7 Å². The van der Waals surface area contributed by atoms with Gasteiger partial charge in [-0.25, -0.2) is 0 Å². The SMILES string of the molecule is CCCC(O)CC(C)C(O)O. The summed E-state index contributed by atoms with van der Waals surface area (Å²) in [6, 6.07) is 0. The number of aliphatic hydroxyl groups excluding tert-OH is 2. The fraction of sp³-hybridized carbons (Fsp3) is 1.00. The Bertz CT molecular complexity index is 93.3. The Labute approximate surface area is 67.7 Å². The first-order chi connectivity index (χ1) is 5.07. The van der Waals surface area contributed by atoms with E-state index in [1.54, 1.807) is 6.92 Å². The van der Waals surface area contributed by atoms with E-state index in [1.165, 1.54) is 0 Å². The van der Waals surface area contributed by atoms with Crippen LogP contribution >= 0.6 is 0 Å². The summed E-state index contributed by atoms with van der Waals surface area (Å²) in [5.74, 6) is -0.239. The second-order valence-electron chi connectivity index (χ2n) is 3.07. The third kappa shape index (κ3) is 5.18. The van der Waals surface area contributed by atoms with Crippen LogP contribution in [0.3, 0.4) is 0 Å². The average molecular weight is 162 g/mol. The van der Waals surface area contributed by atoms with Gasteiger partial charge in [0.05, 0.1) is 6.10 Å². The molecule has 0 aliphatic heterocycles. The molecule has 3 N–H and O–H groups in total. The molecule has 0 fully saturated rings. The minimum absolute atomic E-state index is 0.239. The van der Waals surface area contributed by atoms with E-state index >= 15 is 0 Å². The van der Waals surface area contributed by atoms with Crippen LogP contribution in [0.15, 0.2) is 0 Å². The molecule has 0 rings (SSSR count). The van der Waals surface area contributed by atoms with Gasteiger partial charge >= 0.3 is 0 Å². The predicted octanol–water partition coefficient (Wildman–Crippen LogP) is 0.484. The molecule has 11 heavy (non-hydrogen) atoms. The zero-order chi connectivity index (χ0) is 8.85. The molecule has 0 saturated carbocycles. The molecule has 0 aliphatic rings. The quantitative estimate of drug-likeness (QED) is 0.515. The van der Waals surface area contributed by atoms with Gasteiger partial charge in [-0.05, 0) is 12.8 Å². The highest BCUT2D eigenvalue weighted by molar-refractivity contribution is 4.61. The summed E-state index contributed by atoms with van der Waals surface area (Å²) in [5.41, 5.74) is 0. The smallest absolute Gasteiger partial charge is 0.154 e. The van der Waals surface area contributed by atoms with Crippen LogP contribution in [-0.2, 0) is 0 Å². The Morgan fingerprint density at radius 1 is 1.18 bits per heavy atom. The molecule has 68 valence electrons. The second kappa shape index (κ2) is 5.52. The van der Waals surface area contributed by atoms with E-state index in [9.17, 15) is 5.11 Å². The van der Waals surface area contributed by atoms with E-state index in [0.29, 0.717) is 6.42 Å². The first kappa shape index (κ1) is 10.9. The molecular formula is C8H18O3. The van der Waals surface area contributed by atoms with E-state index in [0.717, 1.165) is 12.8 Å². The van der Waals surface area contributed by atoms with Crippen LogP contribution < -0.4 is 0 Å². The summed E-state index contributed by atoms with van der Waals surface area (Å²) in [7, 11) is 0. The first-order valence-corrected chi connectivity index (χ1v) is 4.12. The molecule has 2 atom stereocenters. The van der Waals surface area contributed by atoms with Gasteiger partial charge in [-0.1, -0.05) is 20.3 Å². The van der Waals surface area contributed by atoms with Crippen LogP contribution in [0.2, 0.25) is 0 Å². The van der Waals surface area contributed by atoms with Crippen LogP contribution in [-0.4, -0.2) is 27.7 Å². The molecule has 0 radical (unpaired) electrons. The molecule has 3 nitrogen and oxygen atoms in total. The average Bonchev–Trinajstić information content (AvgIpc) is 1.87. The lowest BCUT2D eigenvalue weighted by molar-refractivity contribution is -0.0891. The lowest BCUT2D eigenvalue weighted by atomic mass is 10.0. The van der Waals surface area contributed by atoms with Gasteiger partial charge in [-0.3, -0.25) is 0 Å². The van der Waals surface area contributed by atoms with Crippen molar-refractivity contribution in [2.75, 3.05) is 0 Å². The Balaban J connectivity index is 3.48. The molecule has 0 aromatic rings. The van der Waals surface area contributed by atoms with Gasteiger partial charge in [0, 0.05) is 5.92 Å². The van der Waals surface area contributed by atoms with Crippen LogP contribution in [0.1, 0.15) is 33.1 Å². The third-order valence-corrected chi connectivity index (χ3v) is 1.77. The lowest BCUT2D eigenvalue weighted by Crippen LogP contribution is -2.22. The Kier molecular flexibility index (Phi) is 5.46. The highest BCUT2D eigenvalue weighted by atomic mass is 16.5. The summed E-state index contributed by atoms with van der Waals surface area (Å²) < 4.78 is 0. The minimum Gasteiger partial charge on any atom is -0.393 e. The molecule has 0 saturated heterocycles. The monoisotopic (exact) mass is 162 g/mol. The normalized spacial score (nSPS) is 16.9. The molecule has 0 amide bonds. The maximum Gasteiger partial charge on any atom is 0.154 e. The highest BCUT2D eigenvalue weighted by Gasteiger charge is 2.14. The molecule has 0 aromatic heterocycles. The second-order valence-corrected chi connectivity index (χ2v) is 3.07. The number of hydrogen-bond acceptors (Lipinski definition) is 3. The van der Waals surface area contributed by atoms with Crippen LogP contribution in [0.25, 0.3) is 0 Å². The molecule has 0 heterocycles. The van der Waals surface area contributed by atoms with Crippen LogP contribution in [0.5, 0.6) is 0 Å². The summed E-state index contributed by atoms with van der Waals surface area (Å²) in [4.78, 5) is 0. The van der Waals surface area contributed by atoms with Crippen molar-refractivity contribution in [1.82, 2.24) is 0 Å². The predicted molar refractivity (Wildman–Crippen MR) is 42.9 cm³/mol. The summed E-state index contributed by atoms with van der Waals surface area (Å²) in [6.45, 7) is 3.70. The molecule has 0 aromatic carbocycles. The van der Waals surface area contributed by atoms with E-state index in [2.05, 4.69) is 0 Å². The summed E-state index contributed by atoms with van der Waals surface area (Å²) in [6.07, 6.45) is 0.427. The van der Waals surface area contributed by atoms with Crippen molar-refractivity contribution >= 4 is 0 Å². The Hall–Kier alpha value is -0.120. The van der Waals surface area contributed by atoms with Crippen molar-refractivity contribution in [2.24, 2.45) is 5.92 Å². The van der Waals surface area contributed by atoms with Crippen molar-refractivity contribution in [2.45, 2.75) is 45.5 Å². The van der Waals surface area contributed by atoms with Gasteiger partial charge in [-0.15, -0.1) is 0 Å². The van der Waals surface area contributed by atoms with Crippen LogP contribution in [0, 0.1) is 5.92 Å². The molecule has 3 heteroatoms. The van der Waals surface area contributed by atoms with E-state index < -0.39 is 12.4 Å². The maximum atomic E-state index is 9.25. The van der Waals surface area contributed by atoms with Crippen LogP contribution in [0.4, 0.5) is 0 Å². The first-order valence-electron chi connectivity index (χ1n) is 4.12. The molecular weight excluding hydrogens is 144 g/mol. The maximum absolute atomic E-state index is 9.25. The zero-order valence-corrected chi connectivity index (χ0v) is 7.20. The number of rotatable bonds is 5. The van der Waals surface area contributed by atoms with Gasteiger partial charge in [0.25, 0.3) is 0 Å².